The molecule has 0 spiro atoms. The number of halogens is 3. The van der Waals surface area contributed by atoms with Crippen molar-refractivity contribution >= 4 is 29.4 Å². The molecular weight excluding hydrogens is 457 g/mol. The van der Waals surface area contributed by atoms with Crippen LogP contribution in [0.15, 0.2) is 0 Å². The lowest BCUT2D eigenvalue weighted by Crippen LogP contribution is -2.58. The van der Waals surface area contributed by atoms with Gasteiger partial charge in [-0.25, -0.2) is 0 Å². The molecule has 12 heteroatoms. The number of hydrogen-bond acceptors (Lipinski definition) is 5. The molecule has 1 unspecified atom stereocenters. The molecule has 0 aliphatic rings. The molecule has 0 aromatic heterocycles. The van der Waals surface area contributed by atoms with E-state index in [2.05, 4.69) is 16.0 Å². The lowest BCUT2D eigenvalue weighted by Gasteiger charge is -2.29. The van der Waals surface area contributed by atoms with Crippen molar-refractivity contribution in [1.82, 2.24) is 21.3 Å². The highest BCUT2D eigenvalue weighted by atomic mass is 19.4. The molecule has 0 rings (SSSR count). The van der Waals surface area contributed by atoms with Crippen molar-refractivity contribution in [2.75, 3.05) is 0 Å². The Hall–Kier alpha value is -2.66. The molecule has 0 heterocycles. The molecule has 0 saturated carbocycles. The van der Waals surface area contributed by atoms with E-state index in [1.807, 2.05) is 5.32 Å². The third-order valence-electron chi connectivity index (χ3n) is 4.75. The summed E-state index contributed by atoms with van der Waals surface area (Å²) in [6, 6.07) is -4.09. The lowest BCUT2D eigenvalue weighted by atomic mass is 9.97. The van der Waals surface area contributed by atoms with Crippen LogP contribution in [0.2, 0.25) is 0 Å². The Morgan fingerprint density at radius 2 is 1.35 bits per heavy atom. The maximum Gasteiger partial charge on any atom is 0.452 e. The topological polar surface area (TPSA) is 133 Å². The van der Waals surface area contributed by atoms with Gasteiger partial charge in [0.25, 0.3) is 5.78 Å². The normalized spacial score (nSPS) is 14.7. The van der Waals surface area contributed by atoms with Gasteiger partial charge >= 0.3 is 6.18 Å². The first kappa shape index (κ1) is 31.3. The first-order chi connectivity index (χ1) is 15.3. The highest BCUT2D eigenvalue weighted by Gasteiger charge is 2.42. The second kappa shape index (κ2) is 12.7. The number of hydrogen-bond donors (Lipinski definition) is 4. The smallest absolute Gasteiger partial charge is 0.351 e. The molecule has 0 aromatic carbocycles. The van der Waals surface area contributed by atoms with Crippen LogP contribution in [0.4, 0.5) is 13.2 Å². The van der Waals surface area contributed by atoms with Gasteiger partial charge in [0.1, 0.15) is 12.1 Å². The summed E-state index contributed by atoms with van der Waals surface area (Å²) in [6.45, 7) is 12.4. The number of alkyl halides is 3. The van der Waals surface area contributed by atoms with Gasteiger partial charge in [-0.3, -0.25) is 24.0 Å². The van der Waals surface area contributed by atoms with Crippen molar-refractivity contribution in [2.45, 2.75) is 98.1 Å². The summed E-state index contributed by atoms with van der Waals surface area (Å²) in [5.74, 6) is -5.08. The van der Waals surface area contributed by atoms with E-state index in [1.54, 1.807) is 41.5 Å². The Morgan fingerprint density at radius 1 is 0.824 bits per heavy atom. The molecule has 0 aliphatic carbocycles. The summed E-state index contributed by atoms with van der Waals surface area (Å²) in [5, 5.41) is 9.70. The summed E-state index contributed by atoms with van der Waals surface area (Å²) in [7, 11) is 0. The largest absolute Gasteiger partial charge is 0.452 e. The van der Waals surface area contributed by atoms with Crippen LogP contribution >= 0.6 is 0 Å². The third-order valence-corrected chi connectivity index (χ3v) is 4.75. The van der Waals surface area contributed by atoms with E-state index in [9.17, 15) is 37.1 Å². The lowest BCUT2D eigenvalue weighted by molar-refractivity contribution is -0.173. The summed E-state index contributed by atoms with van der Waals surface area (Å²) >= 11 is 0. The van der Waals surface area contributed by atoms with Gasteiger partial charge in [0.05, 0.1) is 6.04 Å². The minimum absolute atomic E-state index is 0.0961. The molecule has 34 heavy (non-hydrogen) atoms. The maximum absolute atomic E-state index is 12.9. The van der Waals surface area contributed by atoms with Crippen LogP contribution in [0, 0.1) is 11.8 Å². The van der Waals surface area contributed by atoms with E-state index in [0.717, 1.165) is 6.92 Å². The van der Waals surface area contributed by atoms with Gasteiger partial charge in [0.15, 0.2) is 0 Å². The van der Waals surface area contributed by atoms with Crippen molar-refractivity contribution < 1.29 is 37.1 Å². The zero-order valence-corrected chi connectivity index (χ0v) is 21.0. The number of carbonyl (C=O) groups is 5. The van der Waals surface area contributed by atoms with Gasteiger partial charge < -0.3 is 21.3 Å². The van der Waals surface area contributed by atoms with Crippen molar-refractivity contribution in [3.63, 3.8) is 0 Å². The van der Waals surface area contributed by atoms with Gasteiger partial charge in [-0.15, -0.1) is 0 Å². The van der Waals surface area contributed by atoms with E-state index in [-0.39, 0.29) is 30.6 Å². The van der Waals surface area contributed by atoms with Gasteiger partial charge in [-0.05, 0) is 39.0 Å². The molecular formula is C22H37F3N4O5. The van der Waals surface area contributed by atoms with Gasteiger partial charge in [0.2, 0.25) is 23.6 Å². The van der Waals surface area contributed by atoms with Gasteiger partial charge in [-0.2, -0.15) is 13.2 Å². The van der Waals surface area contributed by atoms with E-state index >= 15 is 0 Å². The SMILES string of the molecule is CC(=O)NC(C)(C)CC(=O)N[C@H](C(=O)N[C@@H](CC(C)C)C(=O)NC(C)C(=O)C(F)(F)F)C(C)C. The number of carbonyl (C=O) groups excluding carboxylic acids is 5. The zero-order valence-electron chi connectivity index (χ0n) is 21.0. The van der Waals surface area contributed by atoms with Crippen LogP contribution in [0.1, 0.15) is 68.2 Å². The fourth-order valence-corrected chi connectivity index (χ4v) is 3.27. The standard InChI is InChI=1S/C22H37F3N4O5/c1-11(2)9-15(19(33)26-13(5)18(32)22(23,24)25)27-20(34)17(12(3)4)28-16(31)10-21(7,8)29-14(6)30/h11-13,15,17H,9-10H2,1-8H3,(H,26,33)(H,27,34)(H,28,31)(H,29,30)/t13?,15-,17-/m0/s1. The average molecular weight is 495 g/mol. The highest BCUT2D eigenvalue weighted by Crippen LogP contribution is 2.18. The molecule has 0 aliphatic heterocycles. The number of nitrogens with one attached hydrogen (secondary N) is 4. The highest BCUT2D eigenvalue weighted by molar-refractivity contribution is 5.96. The molecule has 4 amide bonds. The van der Waals surface area contributed by atoms with Crippen LogP contribution in [-0.2, 0) is 24.0 Å². The van der Waals surface area contributed by atoms with Crippen LogP contribution in [-0.4, -0.2) is 59.3 Å². The second-order valence-electron chi connectivity index (χ2n) is 9.81. The van der Waals surface area contributed by atoms with Crippen molar-refractivity contribution in [3.8, 4) is 0 Å². The van der Waals surface area contributed by atoms with Crippen molar-refractivity contribution in [3.05, 3.63) is 0 Å². The molecule has 4 N–H and O–H groups in total. The summed E-state index contributed by atoms with van der Waals surface area (Å²) < 4.78 is 37.9. The number of ketones is 1. The van der Waals surface area contributed by atoms with Crippen molar-refractivity contribution in [1.29, 1.82) is 0 Å². The number of Topliss-reactive ketones (excluding diaryl/α,β-unsaturated/α-hetero) is 1. The summed E-state index contributed by atoms with van der Waals surface area (Å²) in [4.78, 5) is 60.7. The molecule has 0 fully saturated rings. The van der Waals surface area contributed by atoms with E-state index < -0.39 is 53.3 Å². The first-order valence-electron chi connectivity index (χ1n) is 11.1. The Kier molecular flexibility index (Phi) is 11.7. The molecule has 3 atom stereocenters. The Bertz CT molecular complexity index is 766. The van der Waals surface area contributed by atoms with E-state index in [1.165, 1.54) is 6.92 Å². The zero-order chi connectivity index (χ0) is 27.0. The Balaban J connectivity index is 5.44. The van der Waals surface area contributed by atoms with Crippen LogP contribution in [0.3, 0.4) is 0 Å². The molecule has 0 aromatic rings. The first-order valence-corrected chi connectivity index (χ1v) is 11.1. The molecule has 0 radical (unpaired) electrons. The molecule has 196 valence electrons. The Labute approximate surface area is 198 Å². The summed E-state index contributed by atoms with van der Waals surface area (Å²) in [5.41, 5.74) is -0.866. The molecule has 0 bridgehead atoms. The predicted molar refractivity (Wildman–Crippen MR) is 119 cm³/mol. The van der Waals surface area contributed by atoms with Gasteiger partial charge in [-0.1, -0.05) is 27.7 Å². The fourth-order valence-electron chi connectivity index (χ4n) is 3.27. The minimum atomic E-state index is -5.11. The third kappa shape index (κ3) is 11.5. The minimum Gasteiger partial charge on any atom is -0.351 e. The quantitative estimate of drug-likeness (QED) is 0.327. The second-order valence-corrected chi connectivity index (χ2v) is 9.81. The monoisotopic (exact) mass is 494 g/mol. The van der Waals surface area contributed by atoms with Crippen LogP contribution < -0.4 is 21.3 Å². The van der Waals surface area contributed by atoms with Crippen molar-refractivity contribution in [2.24, 2.45) is 11.8 Å². The summed E-state index contributed by atoms with van der Waals surface area (Å²) in [6.07, 6.45) is -5.13. The predicted octanol–water partition coefficient (Wildman–Crippen LogP) is 1.60. The molecule has 9 nitrogen and oxygen atoms in total. The van der Waals surface area contributed by atoms with Crippen LogP contribution in [0.25, 0.3) is 0 Å². The molecule has 0 saturated heterocycles. The maximum atomic E-state index is 12.9. The Morgan fingerprint density at radius 3 is 1.76 bits per heavy atom. The van der Waals surface area contributed by atoms with Crippen LogP contribution in [0.5, 0.6) is 0 Å². The van der Waals surface area contributed by atoms with E-state index in [4.69, 9.17) is 0 Å². The van der Waals surface area contributed by atoms with Gasteiger partial charge in [0, 0.05) is 18.9 Å². The number of rotatable bonds is 12. The van der Waals surface area contributed by atoms with E-state index in [0.29, 0.717) is 0 Å². The number of amides is 4. The fraction of sp³-hybridized carbons (Fsp3) is 0.773. The average Bonchev–Trinajstić information content (AvgIpc) is 2.61.